The SMILES string of the molecule is CC(C)(C)OC(=O)N1CCC(COc2nc3ccccc3n2Cc2c(Cl)cccc2Cl)C1. The first-order valence-electron chi connectivity index (χ1n) is 10.7. The largest absolute Gasteiger partial charge is 0.464 e. The molecule has 0 aliphatic carbocycles. The first-order chi connectivity index (χ1) is 15.2. The number of ether oxygens (including phenoxy) is 2. The second-order valence-corrected chi connectivity index (χ2v) is 9.88. The molecule has 1 saturated heterocycles. The lowest BCUT2D eigenvalue weighted by molar-refractivity contribution is 0.0284. The number of imidazole rings is 1. The summed E-state index contributed by atoms with van der Waals surface area (Å²) in [7, 11) is 0. The molecule has 170 valence electrons. The maximum Gasteiger partial charge on any atom is 0.410 e. The summed E-state index contributed by atoms with van der Waals surface area (Å²) in [6.07, 6.45) is 0.580. The predicted octanol–water partition coefficient (Wildman–Crippen LogP) is 6.03. The van der Waals surface area contributed by atoms with Crippen molar-refractivity contribution in [3.05, 3.63) is 58.1 Å². The highest BCUT2D eigenvalue weighted by atomic mass is 35.5. The molecule has 0 N–H and O–H groups in total. The van der Waals surface area contributed by atoms with Crippen molar-refractivity contribution in [2.24, 2.45) is 5.92 Å². The van der Waals surface area contributed by atoms with Crippen molar-refractivity contribution in [3.63, 3.8) is 0 Å². The van der Waals surface area contributed by atoms with E-state index in [-0.39, 0.29) is 12.0 Å². The first kappa shape index (κ1) is 22.7. The molecule has 0 radical (unpaired) electrons. The molecule has 1 aliphatic rings. The van der Waals surface area contributed by atoms with Crippen LogP contribution in [-0.4, -0.2) is 45.8 Å². The maximum absolute atomic E-state index is 12.3. The Morgan fingerprint density at radius 3 is 2.56 bits per heavy atom. The van der Waals surface area contributed by atoms with E-state index in [9.17, 15) is 4.79 Å². The number of carbonyl (C=O) groups excluding carboxylic acids is 1. The molecule has 0 saturated carbocycles. The lowest BCUT2D eigenvalue weighted by Gasteiger charge is -2.24. The lowest BCUT2D eigenvalue weighted by atomic mass is 10.1. The molecule has 32 heavy (non-hydrogen) atoms. The molecule has 1 atom stereocenters. The highest BCUT2D eigenvalue weighted by molar-refractivity contribution is 6.36. The van der Waals surface area contributed by atoms with Crippen molar-refractivity contribution in [1.29, 1.82) is 0 Å². The van der Waals surface area contributed by atoms with Gasteiger partial charge in [-0.2, -0.15) is 4.98 Å². The quantitative estimate of drug-likeness (QED) is 0.452. The number of nitrogens with zero attached hydrogens (tertiary/aromatic N) is 3. The smallest absolute Gasteiger partial charge is 0.410 e. The third kappa shape index (κ3) is 5.13. The van der Waals surface area contributed by atoms with Crippen molar-refractivity contribution in [2.45, 2.75) is 39.3 Å². The molecule has 8 heteroatoms. The third-order valence-corrected chi connectivity index (χ3v) is 6.09. The summed E-state index contributed by atoms with van der Waals surface area (Å²) in [6, 6.07) is 13.9. The van der Waals surface area contributed by atoms with Gasteiger partial charge < -0.3 is 14.4 Å². The van der Waals surface area contributed by atoms with Crippen LogP contribution in [0, 0.1) is 5.92 Å². The van der Waals surface area contributed by atoms with Gasteiger partial charge in [0.15, 0.2) is 0 Å². The van der Waals surface area contributed by atoms with E-state index in [4.69, 9.17) is 32.7 Å². The Bertz CT molecular complexity index is 1100. The molecule has 0 spiro atoms. The fourth-order valence-corrected chi connectivity index (χ4v) is 4.33. The molecule has 2 heterocycles. The zero-order chi connectivity index (χ0) is 22.9. The molecule has 1 aromatic heterocycles. The molecule has 4 rings (SSSR count). The van der Waals surface area contributed by atoms with Crippen molar-refractivity contribution in [1.82, 2.24) is 14.5 Å². The highest BCUT2D eigenvalue weighted by Gasteiger charge is 2.30. The van der Waals surface area contributed by atoms with E-state index in [1.807, 2.05) is 67.8 Å². The Morgan fingerprint density at radius 1 is 1.12 bits per heavy atom. The molecule has 0 bridgehead atoms. The number of para-hydroxylation sites is 2. The van der Waals surface area contributed by atoms with Crippen molar-refractivity contribution >= 4 is 40.3 Å². The first-order valence-corrected chi connectivity index (χ1v) is 11.5. The lowest BCUT2D eigenvalue weighted by Crippen LogP contribution is -2.35. The van der Waals surface area contributed by atoms with E-state index in [1.54, 1.807) is 4.90 Å². The minimum Gasteiger partial charge on any atom is -0.464 e. The Morgan fingerprint density at radius 2 is 1.84 bits per heavy atom. The van der Waals surface area contributed by atoms with Crippen LogP contribution in [-0.2, 0) is 11.3 Å². The summed E-state index contributed by atoms with van der Waals surface area (Å²) in [5.41, 5.74) is 2.10. The van der Waals surface area contributed by atoms with Gasteiger partial charge in [0, 0.05) is 34.6 Å². The predicted molar refractivity (Wildman–Crippen MR) is 127 cm³/mol. The molecule has 1 amide bonds. The van der Waals surface area contributed by atoms with E-state index in [1.165, 1.54) is 0 Å². The average molecular weight is 476 g/mol. The van der Waals surface area contributed by atoms with Gasteiger partial charge in [0.25, 0.3) is 6.01 Å². The Balaban J connectivity index is 1.49. The van der Waals surface area contributed by atoms with Crippen LogP contribution < -0.4 is 4.74 Å². The summed E-state index contributed by atoms with van der Waals surface area (Å²) < 4.78 is 13.6. The van der Waals surface area contributed by atoms with E-state index in [0.29, 0.717) is 42.3 Å². The van der Waals surface area contributed by atoms with E-state index < -0.39 is 5.60 Å². The van der Waals surface area contributed by atoms with Gasteiger partial charge in [0.1, 0.15) is 5.60 Å². The van der Waals surface area contributed by atoms with E-state index in [0.717, 1.165) is 23.0 Å². The van der Waals surface area contributed by atoms with E-state index in [2.05, 4.69) is 4.98 Å². The Hall–Kier alpha value is -2.44. The number of amides is 1. The number of halogens is 2. The number of benzene rings is 2. The normalized spacial score (nSPS) is 16.5. The number of fused-ring (bicyclic) bond motifs is 1. The summed E-state index contributed by atoms with van der Waals surface area (Å²) in [4.78, 5) is 18.8. The average Bonchev–Trinajstić information content (AvgIpc) is 3.33. The molecule has 1 fully saturated rings. The van der Waals surface area contributed by atoms with Crippen LogP contribution in [0.2, 0.25) is 10.0 Å². The number of aromatic nitrogens is 2. The van der Waals surface area contributed by atoms with E-state index >= 15 is 0 Å². The third-order valence-electron chi connectivity index (χ3n) is 5.38. The summed E-state index contributed by atoms with van der Waals surface area (Å²) >= 11 is 12.8. The number of hydrogen-bond acceptors (Lipinski definition) is 4. The molecule has 1 aliphatic heterocycles. The molecule has 6 nitrogen and oxygen atoms in total. The minimum absolute atomic E-state index is 0.208. The van der Waals surface area contributed by atoms with Gasteiger partial charge in [-0.25, -0.2) is 4.79 Å². The number of rotatable bonds is 5. The molecule has 1 unspecified atom stereocenters. The van der Waals surface area contributed by atoms with Gasteiger partial charge in [-0.15, -0.1) is 0 Å². The molecular weight excluding hydrogens is 449 g/mol. The Kier molecular flexibility index (Phi) is 6.54. The topological polar surface area (TPSA) is 56.6 Å². The van der Waals surface area contributed by atoms with Crippen molar-refractivity contribution in [2.75, 3.05) is 19.7 Å². The van der Waals surface area contributed by atoms with Crippen LogP contribution in [0.3, 0.4) is 0 Å². The van der Waals surface area contributed by atoms with Crippen molar-refractivity contribution < 1.29 is 14.3 Å². The van der Waals surface area contributed by atoms with Gasteiger partial charge in [-0.1, -0.05) is 41.4 Å². The highest BCUT2D eigenvalue weighted by Crippen LogP contribution is 2.30. The second kappa shape index (κ2) is 9.20. The zero-order valence-corrected chi connectivity index (χ0v) is 20.0. The number of carbonyl (C=O) groups is 1. The minimum atomic E-state index is -0.503. The van der Waals surface area contributed by atoms with Crippen LogP contribution in [0.4, 0.5) is 4.79 Å². The van der Waals surface area contributed by atoms with Crippen molar-refractivity contribution in [3.8, 4) is 6.01 Å². The Labute approximate surface area is 198 Å². The molecular formula is C24H27Cl2N3O3. The van der Waals surface area contributed by atoms with Gasteiger partial charge in [0.05, 0.1) is 24.2 Å². The monoisotopic (exact) mass is 475 g/mol. The number of likely N-dealkylation sites (tertiary alicyclic amines) is 1. The van der Waals surface area contributed by atoms with Crippen LogP contribution in [0.15, 0.2) is 42.5 Å². The van der Waals surface area contributed by atoms with Gasteiger partial charge >= 0.3 is 6.09 Å². The number of hydrogen-bond donors (Lipinski definition) is 0. The van der Waals surface area contributed by atoms with Crippen LogP contribution in [0.1, 0.15) is 32.8 Å². The van der Waals surface area contributed by atoms with Gasteiger partial charge in [-0.05, 0) is 51.5 Å². The molecule has 2 aromatic carbocycles. The summed E-state index contributed by atoms with van der Waals surface area (Å²) in [5, 5.41) is 1.20. The summed E-state index contributed by atoms with van der Waals surface area (Å²) in [6.45, 7) is 7.79. The van der Waals surface area contributed by atoms with Crippen LogP contribution in [0.25, 0.3) is 11.0 Å². The standard InChI is InChI=1S/C24H27Cl2N3O3/c1-24(2,3)32-23(30)28-12-11-16(13-28)15-31-22-27-20-9-4-5-10-21(20)29(22)14-17-18(25)7-6-8-19(17)26/h4-10,16H,11-15H2,1-3H3. The fourth-order valence-electron chi connectivity index (χ4n) is 3.81. The fraction of sp³-hybridized carbons (Fsp3) is 0.417. The second-order valence-electron chi connectivity index (χ2n) is 9.06. The van der Waals surface area contributed by atoms with Crippen LogP contribution >= 0.6 is 23.2 Å². The van der Waals surface area contributed by atoms with Gasteiger partial charge in [0.2, 0.25) is 0 Å². The zero-order valence-electron chi connectivity index (χ0n) is 18.5. The van der Waals surface area contributed by atoms with Crippen LogP contribution in [0.5, 0.6) is 6.01 Å². The summed E-state index contributed by atoms with van der Waals surface area (Å²) in [5.74, 6) is 0.208. The molecule has 3 aromatic rings. The van der Waals surface area contributed by atoms with Gasteiger partial charge in [-0.3, -0.25) is 4.57 Å². The maximum atomic E-state index is 12.3.